The summed E-state index contributed by atoms with van der Waals surface area (Å²) in [5.74, 6) is 0.310. The molecule has 0 aromatic carbocycles. The third kappa shape index (κ3) is 2.49. The fourth-order valence-corrected chi connectivity index (χ4v) is 2.44. The number of primary sulfonamides is 1. The molecule has 0 spiro atoms. The Morgan fingerprint density at radius 1 is 1.26 bits per heavy atom. The van der Waals surface area contributed by atoms with Gasteiger partial charge in [0.15, 0.2) is 11.5 Å². The predicted molar refractivity (Wildman–Crippen MR) is 66.4 cm³/mol. The molecule has 104 valence electrons. The molecule has 0 aliphatic heterocycles. The number of aromatic nitrogens is 6. The first-order chi connectivity index (χ1) is 8.60. The zero-order valence-corrected chi connectivity index (χ0v) is 11.9. The fraction of sp³-hybridized carbons (Fsp3) is 0.556. The summed E-state index contributed by atoms with van der Waals surface area (Å²) in [6.45, 7) is 5.47. The van der Waals surface area contributed by atoms with Gasteiger partial charge in [0.25, 0.3) is 15.2 Å². The highest BCUT2D eigenvalue weighted by Gasteiger charge is 2.30. The average Bonchev–Trinajstić information content (AvgIpc) is 2.79. The molecule has 9 nitrogen and oxygen atoms in total. The second kappa shape index (κ2) is 4.10. The zero-order chi connectivity index (χ0) is 14.4. The second-order valence-electron chi connectivity index (χ2n) is 5.08. The maximum absolute atomic E-state index is 11.6. The molecule has 0 aliphatic rings. The number of rotatable bonds is 2. The standard InChI is InChI=1S/C9H15N7O2S/c1-9(2,3)16-7(6-5-11-15(4)14-6)12-13-8(16)19(10,17)18/h5H,1-4H3,(H2,10,17,18). The van der Waals surface area contributed by atoms with E-state index >= 15 is 0 Å². The first-order valence-corrected chi connectivity index (χ1v) is 7.01. The maximum Gasteiger partial charge on any atom is 0.273 e. The highest BCUT2D eigenvalue weighted by Crippen LogP contribution is 2.26. The smallest absolute Gasteiger partial charge is 0.273 e. The van der Waals surface area contributed by atoms with Gasteiger partial charge in [-0.25, -0.2) is 13.6 Å². The monoisotopic (exact) mass is 285 g/mol. The van der Waals surface area contributed by atoms with Gasteiger partial charge in [0, 0.05) is 12.6 Å². The summed E-state index contributed by atoms with van der Waals surface area (Å²) in [5, 5.41) is 20.4. The van der Waals surface area contributed by atoms with Crippen LogP contribution in [0, 0.1) is 0 Å². The first kappa shape index (κ1) is 13.6. The van der Waals surface area contributed by atoms with Gasteiger partial charge in [-0.05, 0) is 20.8 Å². The van der Waals surface area contributed by atoms with Crippen LogP contribution < -0.4 is 5.14 Å². The molecule has 0 bridgehead atoms. The molecule has 0 aliphatic carbocycles. The lowest BCUT2D eigenvalue weighted by Gasteiger charge is -2.23. The van der Waals surface area contributed by atoms with Crippen LogP contribution in [0.3, 0.4) is 0 Å². The topological polar surface area (TPSA) is 122 Å². The van der Waals surface area contributed by atoms with Crippen LogP contribution in [-0.2, 0) is 22.6 Å². The van der Waals surface area contributed by atoms with E-state index in [2.05, 4.69) is 20.4 Å². The summed E-state index contributed by atoms with van der Waals surface area (Å²) >= 11 is 0. The van der Waals surface area contributed by atoms with E-state index in [9.17, 15) is 8.42 Å². The van der Waals surface area contributed by atoms with Crippen molar-refractivity contribution >= 4 is 10.0 Å². The van der Waals surface area contributed by atoms with Crippen LogP contribution in [0.25, 0.3) is 11.5 Å². The molecule has 2 heterocycles. The quantitative estimate of drug-likeness (QED) is 0.792. The lowest BCUT2D eigenvalue weighted by atomic mass is 10.1. The molecule has 10 heteroatoms. The van der Waals surface area contributed by atoms with Crippen LogP contribution in [0.1, 0.15) is 20.8 Å². The average molecular weight is 285 g/mol. The van der Waals surface area contributed by atoms with Gasteiger partial charge in [-0.2, -0.15) is 15.0 Å². The van der Waals surface area contributed by atoms with Crippen LogP contribution in [0.5, 0.6) is 0 Å². The molecule has 0 saturated heterocycles. The lowest BCUT2D eigenvalue weighted by molar-refractivity contribution is 0.365. The van der Waals surface area contributed by atoms with Crippen molar-refractivity contribution in [2.24, 2.45) is 12.2 Å². The van der Waals surface area contributed by atoms with E-state index in [4.69, 9.17) is 5.14 Å². The van der Waals surface area contributed by atoms with Crippen LogP contribution in [0.2, 0.25) is 0 Å². The van der Waals surface area contributed by atoms with E-state index in [0.29, 0.717) is 11.5 Å². The third-order valence-electron chi connectivity index (χ3n) is 2.39. The molecule has 0 fully saturated rings. The molecule has 0 amide bonds. The number of nitrogens with zero attached hydrogens (tertiary/aromatic N) is 6. The Bertz CT molecular complexity index is 707. The van der Waals surface area contributed by atoms with Crippen molar-refractivity contribution in [2.75, 3.05) is 0 Å². The molecule has 0 saturated carbocycles. The van der Waals surface area contributed by atoms with Gasteiger partial charge in [0.2, 0.25) is 0 Å². The predicted octanol–water partition coefficient (Wildman–Crippen LogP) is -0.524. The molecule has 0 unspecified atom stereocenters. The van der Waals surface area contributed by atoms with Crippen LogP contribution in [0.4, 0.5) is 0 Å². The molecule has 19 heavy (non-hydrogen) atoms. The number of hydrogen-bond donors (Lipinski definition) is 1. The first-order valence-electron chi connectivity index (χ1n) is 5.46. The largest absolute Gasteiger partial charge is 0.290 e. The third-order valence-corrected chi connectivity index (χ3v) is 3.16. The van der Waals surface area contributed by atoms with Crippen molar-refractivity contribution < 1.29 is 8.42 Å². The summed E-state index contributed by atoms with van der Waals surface area (Å²) in [6, 6.07) is 0. The molecular weight excluding hydrogens is 270 g/mol. The van der Waals surface area contributed by atoms with Gasteiger partial charge in [-0.1, -0.05) is 0 Å². The highest BCUT2D eigenvalue weighted by atomic mass is 32.2. The van der Waals surface area contributed by atoms with Crippen molar-refractivity contribution in [1.29, 1.82) is 0 Å². The van der Waals surface area contributed by atoms with E-state index in [1.54, 1.807) is 7.05 Å². The van der Waals surface area contributed by atoms with Gasteiger partial charge >= 0.3 is 0 Å². The maximum atomic E-state index is 11.6. The second-order valence-corrected chi connectivity index (χ2v) is 6.53. The van der Waals surface area contributed by atoms with Crippen LogP contribution in [-0.4, -0.2) is 38.2 Å². The summed E-state index contributed by atoms with van der Waals surface area (Å²) in [4.78, 5) is 1.35. The Kier molecular flexibility index (Phi) is 2.94. The summed E-state index contributed by atoms with van der Waals surface area (Å²) in [5.41, 5.74) is -0.141. The van der Waals surface area contributed by atoms with Crippen molar-refractivity contribution in [3.8, 4) is 11.5 Å². The van der Waals surface area contributed by atoms with Gasteiger partial charge in [0.05, 0.1) is 6.20 Å². The Hall–Kier alpha value is -1.81. The molecular formula is C9H15N7O2S. The zero-order valence-electron chi connectivity index (χ0n) is 11.1. The van der Waals surface area contributed by atoms with Gasteiger partial charge in [-0.15, -0.1) is 10.2 Å². The van der Waals surface area contributed by atoms with E-state index in [0.717, 1.165) is 0 Å². The fourth-order valence-electron chi connectivity index (χ4n) is 1.67. The summed E-state index contributed by atoms with van der Waals surface area (Å²) in [6.07, 6.45) is 1.49. The molecule has 0 atom stereocenters. The molecule has 2 aromatic heterocycles. The number of nitrogens with two attached hydrogens (primary N) is 1. The SMILES string of the molecule is Cn1ncc(-c2nnc(S(N)(=O)=O)n2C(C)(C)C)n1. The Morgan fingerprint density at radius 2 is 1.89 bits per heavy atom. The molecule has 0 radical (unpaired) electrons. The molecule has 2 rings (SSSR count). The normalized spacial score (nSPS) is 12.9. The number of sulfonamides is 1. The van der Waals surface area contributed by atoms with E-state index in [1.807, 2.05) is 20.8 Å². The number of hydrogen-bond acceptors (Lipinski definition) is 6. The van der Waals surface area contributed by atoms with E-state index in [-0.39, 0.29) is 5.16 Å². The Balaban J connectivity index is 2.74. The van der Waals surface area contributed by atoms with Crippen molar-refractivity contribution in [1.82, 2.24) is 29.8 Å². The van der Waals surface area contributed by atoms with Gasteiger partial charge < -0.3 is 0 Å². The van der Waals surface area contributed by atoms with Crippen LogP contribution >= 0.6 is 0 Å². The van der Waals surface area contributed by atoms with Crippen molar-refractivity contribution in [2.45, 2.75) is 31.5 Å². The highest BCUT2D eigenvalue weighted by molar-refractivity contribution is 7.89. The van der Waals surface area contributed by atoms with Crippen molar-refractivity contribution in [3.63, 3.8) is 0 Å². The lowest BCUT2D eigenvalue weighted by Crippen LogP contribution is -2.29. The van der Waals surface area contributed by atoms with E-state index < -0.39 is 15.6 Å². The van der Waals surface area contributed by atoms with Gasteiger partial charge in [0.1, 0.15) is 0 Å². The summed E-state index contributed by atoms with van der Waals surface area (Å²) < 4.78 is 24.6. The Morgan fingerprint density at radius 3 is 2.32 bits per heavy atom. The number of aryl methyl sites for hydroxylation is 1. The minimum Gasteiger partial charge on any atom is -0.290 e. The van der Waals surface area contributed by atoms with Crippen LogP contribution in [0.15, 0.2) is 11.4 Å². The van der Waals surface area contributed by atoms with Crippen molar-refractivity contribution in [3.05, 3.63) is 6.20 Å². The Labute approximate surface area is 110 Å². The van der Waals surface area contributed by atoms with E-state index in [1.165, 1.54) is 15.6 Å². The summed E-state index contributed by atoms with van der Waals surface area (Å²) in [7, 11) is -2.31. The minimum absolute atomic E-state index is 0.291. The molecule has 2 aromatic rings. The minimum atomic E-state index is -3.96. The molecule has 2 N–H and O–H groups in total. The van der Waals surface area contributed by atoms with Gasteiger partial charge in [-0.3, -0.25) is 4.57 Å².